The smallest absolute Gasteiger partial charge is 0.198 e. The average molecular weight is 421 g/mol. The number of Topliss-reactive ketones (excluding diaryl/α,β-unsaturated/α-hetero) is 1. The Morgan fingerprint density at radius 2 is 1.45 bits per heavy atom. The summed E-state index contributed by atoms with van der Waals surface area (Å²) in [7, 11) is 0. The fraction of sp³-hybridized carbons (Fsp3) is 0. The molecule has 0 fully saturated rings. The van der Waals surface area contributed by atoms with Crippen molar-refractivity contribution in [3.63, 3.8) is 0 Å². The van der Waals surface area contributed by atoms with Gasteiger partial charge in [0.05, 0.1) is 16.3 Å². The summed E-state index contributed by atoms with van der Waals surface area (Å²) in [6.07, 6.45) is 1.27. The number of rotatable bonds is 5. The van der Waals surface area contributed by atoms with Gasteiger partial charge in [-0.3, -0.25) is 4.79 Å². The van der Waals surface area contributed by atoms with Crippen LogP contribution in [-0.4, -0.2) is 22.2 Å². The highest BCUT2D eigenvalue weighted by Gasteiger charge is 2.17. The standard InChI is InChI=1S/C23H17ClN2O2S/c24-19-13-7-8-14-20(19)26-23(29)25-15-18(21(27)16-9-3-1-4-10-16)22(28)17-11-5-2-6-12-17/h1-15,27H,(H,26,29)/b21-18+,25-15-. The predicted molar refractivity (Wildman–Crippen MR) is 123 cm³/mol. The van der Waals surface area contributed by atoms with Crippen molar-refractivity contribution in [2.75, 3.05) is 5.32 Å². The molecule has 3 aromatic carbocycles. The van der Waals surface area contributed by atoms with E-state index in [-0.39, 0.29) is 22.2 Å². The maximum Gasteiger partial charge on any atom is 0.198 e. The van der Waals surface area contributed by atoms with Crippen molar-refractivity contribution in [3.8, 4) is 0 Å². The van der Waals surface area contributed by atoms with E-state index in [2.05, 4.69) is 10.3 Å². The Labute approximate surface area is 179 Å². The number of nitrogens with one attached hydrogen (secondary N) is 1. The van der Waals surface area contributed by atoms with Gasteiger partial charge in [0.1, 0.15) is 5.76 Å². The van der Waals surface area contributed by atoms with Gasteiger partial charge in [-0.05, 0) is 24.4 Å². The second-order valence-corrected chi connectivity index (χ2v) is 6.79. The summed E-state index contributed by atoms with van der Waals surface area (Å²) in [4.78, 5) is 17.1. The quantitative estimate of drug-likeness (QED) is 0.176. The second kappa shape index (κ2) is 9.78. The first-order chi connectivity index (χ1) is 14.1. The van der Waals surface area contributed by atoms with Crippen LogP contribution in [0.5, 0.6) is 0 Å². The van der Waals surface area contributed by atoms with Crippen molar-refractivity contribution in [1.29, 1.82) is 0 Å². The van der Waals surface area contributed by atoms with E-state index in [9.17, 15) is 9.90 Å². The molecule has 0 aliphatic carbocycles. The van der Waals surface area contributed by atoms with Crippen molar-refractivity contribution >= 4 is 52.4 Å². The first-order valence-electron chi connectivity index (χ1n) is 8.74. The number of aliphatic hydroxyl groups is 1. The van der Waals surface area contributed by atoms with Gasteiger partial charge in [-0.25, -0.2) is 4.99 Å². The largest absolute Gasteiger partial charge is 0.506 e. The van der Waals surface area contributed by atoms with Crippen LogP contribution in [0.25, 0.3) is 5.76 Å². The molecule has 6 heteroatoms. The van der Waals surface area contributed by atoms with Crippen molar-refractivity contribution in [2.45, 2.75) is 0 Å². The highest BCUT2D eigenvalue weighted by Crippen LogP contribution is 2.21. The molecule has 0 heterocycles. The molecule has 0 saturated heterocycles. The number of aliphatic hydroxyl groups excluding tert-OH is 1. The normalized spacial score (nSPS) is 11.8. The highest BCUT2D eigenvalue weighted by atomic mass is 35.5. The van der Waals surface area contributed by atoms with Gasteiger partial charge in [-0.1, -0.05) is 84.4 Å². The molecule has 0 bridgehead atoms. The number of aliphatic imine (C=N–C) groups is 1. The molecule has 3 aromatic rings. The summed E-state index contributed by atoms with van der Waals surface area (Å²) >= 11 is 11.4. The SMILES string of the molecule is O=C(C(/C=N\C(=S)Nc1ccccc1Cl)=C(/O)c1ccccc1)c1ccccc1. The fourth-order valence-electron chi connectivity index (χ4n) is 2.56. The zero-order valence-corrected chi connectivity index (χ0v) is 16.8. The lowest BCUT2D eigenvalue weighted by Gasteiger charge is -2.08. The monoisotopic (exact) mass is 420 g/mol. The number of halogens is 1. The molecule has 4 nitrogen and oxygen atoms in total. The molecule has 0 saturated carbocycles. The van der Waals surface area contributed by atoms with E-state index in [1.807, 2.05) is 18.2 Å². The lowest BCUT2D eigenvalue weighted by atomic mass is 10.0. The Bertz CT molecular complexity index is 1080. The van der Waals surface area contributed by atoms with E-state index in [1.165, 1.54) is 6.21 Å². The molecule has 0 unspecified atom stereocenters. The zero-order valence-electron chi connectivity index (χ0n) is 15.2. The molecular formula is C23H17ClN2O2S. The summed E-state index contributed by atoms with van der Waals surface area (Å²) in [5, 5.41) is 14.3. The number of allylic oxidation sites excluding steroid dienone is 1. The van der Waals surface area contributed by atoms with Gasteiger partial charge in [0.15, 0.2) is 10.9 Å². The summed E-state index contributed by atoms with van der Waals surface area (Å²) in [5.74, 6) is -0.542. The Morgan fingerprint density at radius 3 is 2.07 bits per heavy atom. The zero-order chi connectivity index (χ0) is 20.6. The highest BCUT2D eigenvalue weighted by molar-refractivity contribution is 7.80. The molecule has 2 N–H and O–H groups in total. The first-order valence-corrected chi connectivity index (χ1v) is 9.53. The van der Waals surface area contributed by atoms with Gasteiger partial charge in [-0.2, -0.15) is 0 Å². The van der Waals surface area contributed by atoms with Gasteiger partial charge >= 0.3 is 0 Å². The summed E-state index contributed by atoms with van der Waals surface area (Å²) in [6, 6.07) is 24.6. The Morgan fingerprint density at radius 1 is 0.897 bits per heavy atom. The van der Waals surface area contributed by atoms with Crippen LogP contribution in [-0.2, 0) is 0 Å². The molecule has 3 rings (SSSR count). The van der Waals surface area contributed by atoms with Crippen LogP contribution in [0.3, 0.4) is 0 Å². The molecule has 29 heavy (non-hydrogen) atoms. The number of thiocarbonyl (C=S) groups is 1. The third kappa shape index (κ3) is 5.38. The summed E-state index contributed by atoms with van der Waals surface area (Å²) in [5.41, 5.74) is 1.57. The third-order valence-corrected chi connectivity index (χ3v) is 4.55. The number of benzene rings is 3. The van der Waals surface area contributed by atoms with Gasteiger partial charge < -0.3 is 10.4 Å². The number of para-hydroxylation sites is 1. The van der Waals surface area contributed by atoms with Crippen LogP contribution in [0, 0.1) is 0 Å². The summed E-state index contributed by atoms with van der Waals surface area (Å²) < 4.78 is 0. The van der Waals surface area contributed by atoms with Crippen LogP contribution in [0.4, 0.5) is 5.69 Å². The number of carbonyl (C=O) groups is 1. The molecule has 0 spiro atoms. The molecule has 0 aromatic heterocycles. The molecule has 144 valence electrons. The van der Waals surface area contributed by atoms with Gasteiger partial charge in [0.25, 0.3) is 0 Å². The number of hydrogen-bond acceptors (Lipinski definition) is 3. The van der Waals surface area contributed by atoms with E-state index in [0.717, 1.165) is 0 Å². The minimum absolute atomic E-state index is 0.0331. The van der Waals surface area contributed by atoms with Gasteiger partial charge in [-0.15, -0.1) is 0 Å². The van der Waals surface area contributed by atoms with Crippen molar-refractivity contribution in [2.24, 2.45) is 4.99 Å². The number of nitrogens with zero attached hydrogens (tertiary/aromatic N) is 1. The van der Waals surface area contributed by atoms with E-state index in [0.29, 0.717) is 21.8 Å². The van der Waals surface area contributed by atoms with Crippen LogP contribution < -0.4 is 5.32 Å². The van der Waals surface area contributed by atoms with Crippen LogP contribution >= 0.6 is 23.8 Å². The van der Waals surface area contributed by atoms with Crippen molar-refractivity contribution < 1.29 is 9.90 Å². The first kappa shape index (κ1) is 20.5. The number of carbonyl (C=O) groups excluding carboxylic acids is 1. The maximum atomic E-state index is 13.0. The Kier molecular flexibility index (Phi) is 6.89. The lowest BCUT2D eigenvalue weighted by Crippen LogP contribution is -2.11. The molecule has 0 amide bonds. The Hall–Kier alpha value is -3.28. The fourth-order valence-corrected chi connectivity index (χ4v) is 2.90. The molecule has 0 aliphatic rings. The molecular weight excluding hydrogens is 404 g/mol. The minimum atomic E-state index is -0.365. The molecule has 0 aliphatic heterocycles. The van der Waals surface area contributed by atoms with Crippen molar-refractivity contribution in [3.05, 3.63) is 107 Å². The van der Waals surface area contributed by atoms with Crippen molar-refractivity contribution in [1.82, 2.24) is 0 Å². The maximum absolute atomic E-state index is 13.0. The molecule has 0 radical (unpaired) electrons. The van der Waals surface area contributed by atoms with Crippen LogP contribution in [0.1, 0.15) is 15.9 Å². The summed E-state index contributed by atoms with van der Waals surface area (Å²) in [6.45, 7) is 0. The van der Waals surface area contributed by atoms with E-state index in [4.69, 9.17) is 23.8 Å². The molecule has 0 atom stereocenters. The second-order valence-electron chi connectivity index (χ2n) is 5.99. The van der Waals surface area contributed by atoms with E-state index >= 15 is 0 Å². The number of ketones is 1. The number of anilines is 1. The van der Waals surface area contributed by atoms with Gasteiger partial charge in [0.2, 0.25) is 0 Å². The average Bonchev–Trinajstić information content (AvgIpc) is 2.76. The van der Waals surface area contributed by atoms with E-state index < -0.39 is 0 Å². The number of hydrogen-bond donors (Lipinski definition) is 2. The third-order valence-electron chi connectivity index (χ3n) is 4.01. The minimum Gasteiger partial charge on any atom is -0.506 e. The Balaban J connectivity index is 1.93. The van der Waals surface area contributed by atoms with Crippen LogP contribution in [0.15, 0.2) is 95.5 Å². The topological polar surface area (TPSA) is 61.7 Å². The van der Waals surface area contributed by atoms with Crippen LogP contribution in [0.2, 0.25) is 5.02 Å². The van der Waals surface area contributed by atoms with Gasteiger partial charge in [0, 0.05) is 17.3 Å². The predicted octanol–water partition coefficient (Wildman–Crippen LogP) is 5.96. The lowest BCUT2D eigenvalue weighted by molar-refractivity contribution is 0.104. The van der Waals surface area contributed by atoms with E-state index in [1.54, 1.807) is 66.7 Å².